The van der Waals surface area contributed by atoms with Gasteiger partial charge in [0.2, 0.25) is 0 Å². The van der Waals surface area contributed by atoms with Crippen molar-refractivity contribution < 1.29 is 23.1 Å². The summed E-state index contributed by atoms with van der Waals surface area (Å²) in [6.45, 7) is 1.61. The van der Waals surface area contributed by atoms with Crippen molar-refractivity contribution in [2.24, 2.45) is 7.05 Å². The maximum absolute atomic E-state index is 13.1. The lowest BCUT2D eigenvalue weighted by atomic mass is 10.1. The van der Waals surface area contributed by atoms with Crippen molar-refractivity contribution in [3.63, 3.8) is 0 Å². The number of pyridine rings is 1. The number of hydrogen-bond donors (Lipinski definition) is 1. The summed E-state index contributed by atoms with van der Waals surface area (Å²) in [5, 5.41) is 9.92. The van der Waals surface area contributed by atoms with E-state index in [9.17, 15) is 18.0 Å². The summed E-state index contributed by atoms with van der Waals surface area (Å²) in [6.07, 6.45) is -3.11. The first-order valence-corrected chi connectivity index (χ1v) is 8.48. The fourth-order valence-electron chi connectivity index (χ4n) is 2.99. The molecule has 9 heteroatoms. The van der Waals surface area contributed by atoms with E-state index in [1.165, 1.54) is 6.20 Å². The Bertz CT molecular complexity index is 1070. The molecule has 0 aliphatic carbocycles. The minimum absolute atomic E-state index is 0.0899. The molecule has 0 spiro atoms. The quantitative estimate of drug-likeness (QED) is 0.613. The molecule has 142 valence electrons. The molecule has 3 aromatic rings. The lowest BCUT2D eigenvalue weighted by Crippen LogP contribution is -2.07. The predicted octanol–water partition coefficient (Wildman–Crippen LogP) is 5.50. The Morgan fingerprint density at radius 3 is 2.52 bits per heavy atom. The van der Waals surface area contributed by atoms with Gasteiger partial charge in [0, 0.05) is 36.3 Å². The van der Waals surface area contributed by atoms with Crippen LogP contribution in [-0.2, 0) is 19.6 Å². The van der Waals surface area contributed by atoms with E-state index in [1.54, 1.807) is 24.6 Å². The molecule has 0 fully saturated rings. The first-order valence-electron chi connectivity index (χ1n) is 7.73. The van der Waals surface area contributed by atoms with E-state index in [0.29, 0.717) is 27.7 Å². The predicted molar refractivity (Wildman–Crippen MR) is 96.7 cm³/mol. The number of carboxylic acid groups (broad SMARTS) is 1. The highest BCUT2D eigenvalue weighted by Crippen LogP contribution is 2.35. The smallest absolute Gasteiger partial charge is 0.416 e. The Morgan fingerprint density at radius 1 is 1.26 bits per heavy atom. The second kappa shape index (κ2) is 6.73. The summed E-state index contributed by atoms with van der Waals surface area (Å²) >= 11 is 12.3. The molecular formula is C18H13Cl2F3N2O2. The number of alkyl halides is 3. The van der Waals surface area contributed by atoms with Crippen molar-refractivity contribution in [3.8, 4) is 0 Å². The molecule has 0 atom stereocenters. The van der Waals surface area contributed by atoms with Crippen molar-refractivity contribution >= 4 is 40.1 Å². The minimum atomic E-state index is -4.45. The third-order valence-electron chi connectivity index (χ3n) is 4.42. The maximum Gasteiger partial charge on any atom is 0.416 e. The van der Waals surface area contributed by atoms with Gasteiger partial charge in [0.25, 0.3) is 0 Å². The first-order chi connectivity index (χ1) is 12.5. The standard InChI is InChI=1S/C18H13Cl2F3N2O2/c1-8-3-9(18(21,22)23)4-14-11(8)5-10(25(14)2)6-12-13(19)7-24-16(15(12)20)17(26)27/h3-5,7H,6H2,1-2H3,(H,26,27). The zero-order valence-electron chi connectivity index (χ0n) is 14.2. The van der Waals surface area contributed by atoms with Crippen LogP contribution in [0, 0.1) is 6.92 Å². The summed E-state index contributed by atoms with van der Waals surface area (Å²) in [5.41, 5.74) is 0.833. The molecule has 4 nitrogen and oxygen atoms in total. The number of aromatic carboxylic acids is 1. The average molecular weight is 417 g/mol. The molecular weight excluding hydrogens is 404 g/mol. The van der Waals surface area contributed by atoms with Gasteiger partial charge >= 0.3 is 12.1 Å². The zero-order valence-corrected chi connectivity index (χ0v) is 15.7. The van der Waals surface area contributed by atoms with Crippen molar-refractivity contribution in [1.82, 2.24) is 9.55 Å². The van der Waals surface area contributed by atoms with Crippen LogP contribution in [0.1, 0.15) is 32.9 Å². The van der Waals surface area contributed by atoms with E-state index in [0.717, 1.165) is 12.1 Å². The molecule has 0 aliphatic rings. The van der Waals surface area contributed by atoms with Crippen molar-refractivity contribution in [2.45, 2.75) is 19.5 Å². The SMILES string of the molecule is Cc1cc(C(F)(F)F)cc2c1cc(Cc1c(Cl)cnc(C(=O)O)c1Cl)n2C. The topological polar surface area (TPSA) is 55.1 Å². The molecule has 2 heterocycles. The number of benzene rings is 1. The summed E-state index contributed by atoms with van der Waals surface area (Å²) in [5.74, 6) is -1.29. The molecule has 3 rings (SSSR count). The highest BCUT2D eigenvalue weighted by Gasteiger charge is 2.31. The van der Waals surface area contributed by atoms with Gasteiger partial charge in [-0.15, -0.1) is 0 Å². The van der Waals surface area contributed by atoms with Gasteiger partial charge in [-0.25, -0.2) is 9.78 Å². The second-order valence-electron chi connectivity index (χ2n) is 6.15. The van der Waals surface area contributed by atoms with Crippen LogP contribution in [0.2, 0.25) is 10.0 Å². The Hall–Kier alpha value is -2.25. The molecule has 0 amide bonds. The van der Waals surface area contributed by atoms with Crippen LogP contribution in [-0.4, -0.2) is 20.6 Å². The van der Waals surface area contributed by atoms with E-state index >= 15 is 0 Å². The van der Waals surface area contributed by atoms with E-state index in [-0.39, 0.29) is 22.2 Å². The van der Waals surface area contributed by atoms with Crippen LogP contribution in [0.5, 0.6) is 0 Å². The molecule has 0 bridgehead atoms. The van der Waals surface area contributed by atoms with Crippen molar-refractivity contribution in [1.29, 1.82) is 0 Å². The Morgan fingerprint density at radius 2 is 1.93 bits per heavy atom. The zero-order chi connectivity index (χ0) is 20.1. The Labute approximate surface area is 162 Å². The van der Waals surface area contributed by atoms with Crippen LogP contribution < -0.4 is 0 Å². The van der Waals surface area contributed by atoms with Crippen LogP contribution in [0.4, 0.5) is 13.2 Å². The Kier molecular flexibility index (Phi) is 4.86. The third-order valence-corrected chi connectivity index (χ3v) is 5.16. The molecule has 0 radical (unpaired) electrons. The number of carboxylic acids is 1. The van der Waals surface area contributed by atoms with Gasteiger partial charge in [-0.3, -0.25) is 0 Å². The lowest BCUT2D eigenvalue weighted by Gasteiger charge is -2.11. The van der Waals surface area contributed by atoms with E-state index in [2.05, 4.69) is 4.98 Å². The summed E-state index contributed by atoms with van der Waals surface area (Å²) in [7, 11) is 1.64. The first kappa shape index (κ1) is 19.5. The molecule has 0 aliphatic heterocycles. The number of halogens is 5. The van der Waals surface area contributed by atoms with Crippen molar-refractivity contribution in [3.05, 3.63) is 62.5 Å². The van der Waals surface area contributed by atoms with Gasteiger partial charge in [-0.1, -0.05) is 23.2 Å². The monoisotopic (exact) mass is 416 g/mol. The molecule has 0 saturated carbocycles. The summed E-state index contributed by atoms with van der Waals surface area (Å²) in [4.78, 5) is 14.9. The number of aryl methyl sites for hydroxylation is 2. The second-order valence-corrected chi connectivity index (χ2v) is 6.93. The minimum Gasteiger partial charge on any atom is -0.476 e. The number of carbonyl (C=O) groups is 1. The third kappa shape index (κ3) is 3.49. The number of rotatable bonds is 3. The number of hydrogen-bond acceptors (Lipinski definition) is 2. The molecule has 0 unspecified atom stereocenters. The average Bonchev–Trinajstić information content (AvgIpc) is 2.87. The molecule has 2 aromatic heterocycles. The highest BCUT2D eigenvalue weighted by atomic mass is 35.5. The van der Waals surface area contributed by atoms with Gasteiger partial charge in [-0.2, -0.15) is 13.2 Å². The van der Waals surface area contributed by atoms with Crippen molar-refractivity contribution in [2.75, 3.05) is 0 Å². The fraction of sp³-hybridized carbons (Fsp3) is 0.222. The van der Waals surface area contributed by atoms with E-state index in [4.69, 9.17) is 28.3 Å². The van der Waals surface area contributed by atoms with Gasteiger partial charge in [0.05, 0.1) is 15.6 Å². The largest absolute Gasteiger partial charge is 0.476 e. The van der Waals surface area contributed by atoms with E-state index < -0.39 is 17.7 Å². The normalized spacial score (nSPS) is 12.0. The number of fused-ring (bicyclic) bond motifs is 1. The van der Waals surface area contributed by atoms with Gasteiger partial charge < -0.3 is 9.67 Å². The van der Waals surface area contributed by atoms with Crippen LogP contribution >= 0.6 is 23.2 Å². The van der Waals surface area contributed by atoms with Crippen LogP contribution in [0.15, 0.2) is 24.4 Å². The van der Waals surface area contributed by atoms with E-state index in [1.807, 2.05) is 0 Å². The fourth-order valence-corrected chi connectivity index (χ4v) is 3.55. The van der Waals surface area contributed by atoms with Gasteiger partial charge in [0.15, 0.2) is 5.69 Å². The molecule has 1 aromatic carbocycles. The Balaban J connectivity index is 2.15. The molecule has 1 N–H and O–H groups in total. The van der Waals surface area contributed by atoms with Gasteiger partial charge in [0.1, 0.15) is 0 Å². The summed E-state index contributed by atoms with van der Waals surface area (Å²) < 4.78 is 40.9. The maximum atomic E-state index is 13.1. The lowest BCUT2D eigenvalue weighted by molar-refractivity contribution is -0.137. The summed E-state index contributed by atoms with van der Waals surface area (Å²) in [6, 6.07) is 3.93. The van der Waals surface area contributed by atoms with Crippen LogP contribution in [0.3, 0.4) is 0 Å². The number of nitrogens with zero attached hydrogens (tertiary/aromatic N) is 2. The van der Waals surface area contributed by atoms with Gasteiger partial charge in [-0.05, 0) is 36.2 Å². The molecule has 27 heavy (non-hydrogen) atoms. The molecule has 0 saturated heterocycles. The number of aromatic nitrogens is 2. The van der Waals surface area contributed by atoms with Crippen LogP contribution in [0.25, 0.3) is 10.9 Å². The highest BCUT2D eigenvalue weighted by molar-refractivity contribution is 6.37.